The number of nitrogen functional groups attached to an aromatic ring is 1. The fraction of sp³-hybridized carbons (Fsp3) is 0.464. The largest absolute Gasteiger partial charge is 0.389 e. The van der Waals surface area contributed by atoms with Crippen LogP contribution in [0.2, 0.25) is 0 Å². The Morgan fingerprint density at radius 1 is 1.30 bits per heavy atom. The van der Waals surface area contributed by atoms with Crippen LogP contribution >= 0.6 is 11.3 Å². The van der Waals surface area contributed by atoms with Gasteiger partial charge in [0.25, 0.3) is 0 Å². The summed E-state index contributed by atoms with van der Waals surface area (Å²) in [4.78, 5) is 11.3. The van der Waals surface area contributed by atoms with Crippen LogP contribution in [0.3, 0.4) is 0 Å². The molecule has 194 valence electrons. The zero-order chi connectivity index (χ0) is 26.6. The average molecular weight is 524 g/mol. The fourth-order valence-corrected chi connectivity index (χ4v) is 6.79. The molecule has 1 aliphatic carbocycles. The smallest absolute Gasteiger partial charge is 0.159 e. The van der Waals surface area contributed by atoms with Crippen molar-refractivity contribution in [2.24, 2.45) is 28.7 Å². The van der Waals surface area contributed by atoms with Gasteiger partial charge in [0.1, 0.15) is 22.7 Å². The zero-order valence-electron chi connectivity index (χ0n) is 21.7. The SMILES string of the molecule is CC(=N/C=C1/C2=C(COC2)C(c2ncc(F)c3sc(N)c(C#N)c23)=C(F)C1C)N1CC(C)C(C(C)C)C1. The Bertz CT molecular complexity index is 1440. The Hall–Kier alpha value is -3.09. The number of ether oxygens (including phenoxy) is 1. The van der Waals surface area contributed by atoms with E-state index in [2.05, 4.69) is 30.7 Å². The lowest BCUT2D eigenvalue weighted by atomic mass is 9.80. The van der Waals surface area contributed by atoms with Gasteiger partial charge in [-0.3, -0.25) is 4.98 Å². The predicted octanol–water partition coefficient (Wildman–Crippen LogP) is 6.07. The number of hydrogen-bond acceptors (Lipinski definition) is 6. The van der Waals surface area contributed by atoms with Crippen LogP contribution in [0.15, 0.2) is 39.9 Å². The molecule has 9 heteroatoms. The highest BCUT2D eigenvalue weighted by atomic mass is 32.1. The van der Waals surface area contributed by atoms with Crippen molar-refractivity contribution < 1.29 is 13.5 Å². The summed E-state index contributed by atoms with van der Waals surface area (Å²) in [5, 5.41) is 10.1. The molecule has 2 aromatic rings. The van der Waals surface area contributed by atoms with Gasteiger partial charge in [-0.15, -0.1) is 11.3 Å². The van der Waals surface area contributed by atoms with Crippen molar-refractivity contribution in [2.45, 2.75) is 34.6 Å². The van der Waals surface area contributed by atoms with Crippen LogP contribution in [0, 0.1) is 40.8 Å². The van der Waals surface area contributed by atoms with Gasteiger partial charge in [-0.05, 0) is 41.4 Å². The molecule has 3 atom stereocenters. The first kappa shape index (κ1) is 25.6. The second-order valence-electron chi connectivity index (χ2n) is 10.6. The molecule has 37 heavy (non-hydrogen) atoms. The number of amidine groups is 1. The lowest BCUT2D eigenvalue weighted by Crippen LogP contribution is -2.27. The van der Waals surface area contributed by atoms with Crippen LogP contribution in [0.5, 0.6) is 0 Å². The zero-order valence-corrected chi connectivity index (χ0v) is 22.5. The lowest BCUT2D eigenvalue weighted by Gasteiger charge is -2.25. The monoisotopic (exact) mass is 523 g/mol. The molecule has 3 unspecified atom stereocenters. The first-order chi connectivity index (χ1) is 17.6. The van der Waals surface area contributed by atoms with Crippen molar-refractivity contribution in [1.29, 1.82) is 5.26 Å². The number of allylic oxidation sites excluding steroid dienone is 1. The molecule has 6 nitrogen and oxygen atoms in total. The van der Waals surface area contributed by atoms with Gasteiger partial charge < -0.3 is 15.4 Å². The van der Waals surface area contributed by atoms with Crippen LogP contribution in [-0.4, -0.2) is 42.0 Å². The molecular weight excluding hydrogens is 492 g/mol. The maximum atomic E-state index is 16.1. The maximum absolute atomic E-state index is 16.1. The molecule has 2 aliphatic heterocycles. The van der Waals surface area contributed by atoms with Gasteiger partial charge in [-0.1, -0.05) is 27.7 Å². The number of thiophene rings is 1. The highest BCUT2D eigenvalue weighted by molar-refractivity contribution is 7.23. The van der Waals surface area contributed by atoms with E-state index in [0.717, 1.165) is 47.6 Å². The fourth-order valence-electron chi connectivity index (χ4n) is 5.87. The normalized spacial score (nSPS) is 25.7. The predicted molar refractivity (Wildman–Crippen MR) is 144 cm³/mol. The molecule has 1 fully saturated rings. The minimum absolute atomic E-state index is 0.122. The molecule has 0 saturated carbocycles. The lowest BCUT2D eigenvalue weighted by molar-refractivity contribution is 0.207. The van der Waals surface area contributed by atoms with Gasteiger partial charge >= 0.3 is 0 Å². The van der Waals surface area contributed by atoms with Crippen molar-refractivity contribution in [1.82, 2.24) is 9.88 Å². The summed E-state index contributed by atoms with van der Waals surface area (Å²) in [5.74, 6) is 1.16. The molecule has 0 bridgehead atoms. The van der Waals surface area contributed by atoms with Crippen LogP contribution in [-0.2, 0) is 4.74 Å². The summed E-state index contributed by atoms with van der Waals surface area (Å²) in [7, 11) is 0. The average Bonchev–Trinajstić information content (AvgIpc) is 3.57. The number of rotatable bonds is 3. The molecule has 0 spiro atoms. The molecule has 1 saturated heterocycles. The molecule has 3 aliphatic rings. The van der Waals surface area contributed by atoms with E-state index in [9.17, 15) is 9.65 Å². The standard InChI is InChI=1S/C28H31F2N5OS/c1-13(2)19-10-35(9-14(19)3)16(5)33-7-18-15(4)25(30)23(21-12-36-11-20(18)21)26-24-17(6-31)28(32)37-27(24)22(29)8-34-26/h7-8,13-15,19H,9-12,32H2,1-5H3/b18-7+,33-16?. The number of nitriles is 1. The van der Waals surface area contributed by atoms with Crippen molar-refractivity contribution in [3.63, 3.8) is 0 Å². The Kier molecular flexibility index (Phi) is 6.67. The highest BCUT2D eigenvalue weighted by Gasteiger charge is 2.37. The van der Waals surface area contributed by atoms with Gasteiger partial charge in [0, 0.05) is 36.2 Å². The number of anilines is 1. The number of nitrogens with two attached hydrogens (primary N) is 1. The summed E-state index contributed by atoms with van der Waals surface area (Å²) < 4.78 is 36.7. The summed E-state index contributed by atoms with van der Waals surface area (Å²) in [6, 6.07) is 2.04. The summed E-state index contributed by atoms with van der Waals surface area (Å²) in [6.07, 6.45) is 2.83. The Balaban J connectivity index is 1.57. The first-order valence-electron chi connectivity index (χ1n) is 12.6. The topological polar surface area (TPSA) is 87.5 Å². The Labute approximate surface area is 219 Å². The number of pyridine rings is 1. The van der Waals surface area contributed by atoms with Crippen molar-refractivity contribution >= 4 is 37.8 Å². The Morgan fingerprint density at radius 3 is 2.70 bits per heavy atom. The van der Waals surface area contributed by atoms with E-state index in [1.807, 2.05) is 13.0 Å². The van der Waals surface area contributed by atoms with Crippen LogP contribution < -0.4 is 5.73 Å². The van der Waals surface area contributed by atoms with Crippen molar-refractivity contribution in [3.8, 4) is 6.07 Å². The first-order valence-corrected chi connectivity index (χ1v) is 13.4. The maximum Gasteiger partial charge on any atom is 0.159 e. The minimum atomic E-state index is -0.601. The van der Waals surface area contributed by atoms with E-state index in [0.29, 0.717) is 29.9 Å². The van der Waals surface area contributed by atoms with Gasteiger partial charge in [-0.25, -0.2) is 13.8 Å². The number of hydrogen-bond donors (Lipinski definition) is 1. The van der Waals surface area contributed by atoms with Crippen LogP contribution in [0.25, 0.3) is 15.7 Å². The number of aliphatic imine (C=N–C) groups is 1. The second kappa shape index (κ2) is 9.66. The van der Waals surface area contributed by atoms with E-state index in [1.165, 1.54) is 0 Å². The van der Waals surface area contributed by atoms with E-state index < -0.39 is 17.6 Å². The Morgan fingerprint density at radius 2 is 2.03 bits per heavy atom. The molecule has 5 rings (SSSR count). The third-order valence-electron chi connectivity index (χ3n) is 8.01. The number of nitrogens with zero attached hydrogens (tertiary/aromatic N) is 4. The van der Waals surface area contributed by atoms with E-state index >= 15 is 4.39 Å². The van der Waals surface area contributed by atoms with E-state index in [4.69, 9.17) is 15.5 Å². The van der Waals surface area contributed by atoms with Gasteiger partial charge in [0.15, 0.2) is 5.82 Å². The number of fused-ring (bicyclic) bond motifs is 1. The summed E-state index contributed by atoms with van der Waals surface area (Å²) in [6.45, 7) is 13.1. The third kappa shape index (κ3) is 4.16. The van der Waals surface area contributed by atoms with E-state index in [-0.39, 0.29) is 38.5 Å². The molecule has 0 radical (unpaired) electrons. The third-order valence-corrected chi connectivity index (χ3v) is 9.04. The van der Waals surface area contributed by atoms with Crippen molar-refractivity contribution in [3.05, 3.63) is 52.0 Å². The summed E-state index contributed by atoms with van der Waals surface area (Å²) in [5.41, 5.74) is 8.93. The highest BCUT2D eigenvalue weighted by Crippen LogP contribution is 2.48. The molecule has 4 heterocycles. The molecule has 0 amide bonds. The molecule has 2 aromatic heterocycles. The quantitative estimate of drug-likeness (QED) is 0.390. The molecule has 0 aromatic carbocycles. The van der Waals surface area contributed by atoms with Crippen molar-refractivity contribution in [2.75, 3.05) is 32.0 Å². The number of aromatic nitrogens is 1. The van der Waals surface area contributed by atoms with Crippen LogP contribution in [0.4, 0.5) is 13.8 Å². The van der Waals surface area contributed by atoms with Crippen LogP contribution in [0.1, 0.15) is 45.9 Å². The molecular formula is C28H31F2N5OS. The second-order valence-corrected chi connectivity index (χ2v) is 11.6. The minimum Gasteiger partial charge on any atom is -0.389 e. The number of likely N-dealkylation sites (tertiary alicyclic amines) is 1. The van der Waals surface area contributed by atoms with E-state index in [1.54, 1.807) is 13.1 Å². The van der Waals surface area contributed by atoms with Gasteiger partial charge in [0.05, 0.1) is 35.4 Å². The van der Waals surface area contributed by atoms with Gasteiger partial charge in [0.2, 0.25) is 0 Å². The number of halogens is 2. The summed E-state index contributed by atoms with van der Waals surface area (Å²) >= 11 is 0.975. The van der Waals surface area contributed by atoms with Gasteiger partial charge in [-0.2, -0.15) is 5.26 Å². The molecule has 2 N–H and O–H groups in total.